The third-order valence-corrected chi connectivity index (χ3v) is 5.05. The highest BCUT2D eigenvalue weighted by Crippen LogP contribution is 2.33. The van der Waals surface area contributed by atoms with E-state index in [1.807, 2.05) is 0 Å². The molecule has 0 saturated carbocycles. The van der Waals surface area contributed by atoms with Crippen molar-refractivity contribution in [1.29, 1.82) is 0 Å². The van der Waals surface area contributed by atoms with Gasteiger partial charge in [0, 0.05) is 0 Å². The van der Waals surface area contributed by atoms with E-state index in [1.165, 1.54) is 0 Å². The zero-order chi connectivity index (χ0) is 20.6. The summed E-state index contributed by atoms with van der Waals surface area (Å²) < 4.78 is 26.4. The smallest absolute Gasteiger partial charge is 0.187 e. The largest absolute Gasteiger partial charge is 0.394 e. The second-order valence-electron chi connectivity index (χ2n) is 6.86. The summed E-state index contributed by atoms with van der Waals surface area (Å²) in [6.45, 7) is -1.77. The normalized spacial score (nSPS) is 51.9. The van der Waals surface area contributed by atoms with Crippen LogP contribution in [0.5, 0.6) is 0 Å². The first-order chi connectivity index (χ1) is 13.3. The van der Waals surface area contributed by atoms with Crippen molar-refractivity contribution in [2.75, 3.05) is 19.8 Å². The van der Waals surface area contributed by atoms with Crippen molar-refractivity contribution in [3.8, 4) is 0 Å². The van der Waals surface area contributed by atoms with Crippen LogP contribution in [0.15, 0.2) is 0 Å². The molecule has 0 aromatic carbocycles. The van der Waals surface area contributed by atoms with Crippen molar-refractivity contribution in [2.45, 2.75) is 73.8 Å². The van der Waals surface area contributed by atoms with Crippen LogP contribution in [0, 0.1) is 0 Å². The van der Waals surface area contributed by atoms with Gasteiger partial charge in [-0.1, -0.05) is 0 Å². The van der Waals surface area contributed by atoms with Gasteiger partial charge in [0.2, 0.25) is 0 Å². The molecule has 3 rings (SSSR count). The molecule has 0 aromatic rings. The maximum Gasteiger partial charge on any atom is 0.187 e. The molecule has 0 aliphatic carbocycles. The van der Waals surface area contributed by atoms with E-state index in [2.05, 4.69) is 0 Å². The Labute approximate surface area is 159 Å². The fourth-order valence-corrected chi connectivity index (χ4v) is 3.41. The van der Waals surface area contributed by atoms with Gasteiger partial charge in [-0.05, 0) is 0 Å². The minimum absolute atomic E-state index is 0.575. The summed E-state index contributed by atoms with van der Waals surface area (Å²) in [5.41, 5.74) is 0. The Morgan fingerprint density at radius 2 is 1.00 bits per heavy atom. The SMILES string of the molecule is OC[C@@H]1O[C@H](O[C@H]2[C@@H](O[C@@H]3[C@@H](O)[C@H](CO)O[C@H]3O)O[C@@H](CO)[C@@H]2O)[C@H](O)[C@H]1O. The standard InChI is InChI=1S/C15H26O13/c16-1-4-7(19)10(22)14(25-4)28-12-9(21)6(3-18)26-15(12)27-11-8(20)5(2-17)24-13(11)23/h4-23H,1-3H2/t4-,5-,6-,7-,8-,9-,10+,11+,12+,13+,14+,15+/m0/s1. The molecule has 28 heavy (non-hydrogen) atoms. The van der Waals surface area contributed by atoms with Gasteiger partial charge in [-0.15, -0.1) is 0 Å². The van der Waals surface area contributed by atoms with Gasteiger partial charge in [0.1, 0.15) is 54.9 Å². The summed E-state index contributed by atoms with van der Waals surface area (Å²) in [6, 6.07) is 0. The van der Waals surface area contributed by atoms with Gasteiger partial charge in [0.25, 0.3) is 0 Å². The molecule has 0 amide bonds. The number of aliphatic hydroxyl groups excluding tert-OH is 8. The molecule has 12 atom stereocenters. The highest BCUT2D eigenvalue weighted by atomic mass is 16.8. The van der Waals surface area contributed by atoms with E-state index in [9.17, 15) is 30.6 Å². The van der Waals surface area contributed by atoms with Crippen LogP contribution in [0.4, 0.5) is 0 Å². The van der Waals surface area contributed by atoms with E-state index >= 15 is 0 Å². The van der Waals surface area contributed by atoms with Crippen molar-refractivity contribution in [3.63, 3.8) is 0 Å². The molecule has 0 unspecified atom stereocenters. The summed E-state index contributed by atoms with van der Waals surface area (Å²) in [5.74, 6) is 0. The van der Waals surface area contributed by atoms with Gasteiger partial charge in [0.15, 0.2) is 18.9 Å². The molecular formula is C15H26O13. The van der Waals surface area contributed by atoms with E-state index < -0.39 is 93.6 Å². The lowest BCUT2D eigenvalue weighted by molar-refractivity contribution is -0.272. The number of hydrogen-bond donors (Lipinski definition) is 8. The molecule has 3 saturated heterocycles. The van der Waals surface area contributed by atoms with Crippen molar-refractivity contribution in [3.05, 3.63) is 0 Å². The molecule has 8 N–H and O–H groups in total. The molecule has 0 spiro atoms. The Hall–Kier alpha value is -0.520. The highest BCUT2D eigenvalue weighted by Gasteiger charge is 2.53. The Balaban J connectivity index is 1.70. The quantitative estimate of drug-likeness (QED) is 0.196. The van der Waals surface area contributed by atoms with Gasteiger partial charge in [-0.25, -0.2) is 0 Å². The molecule has 3 aliphatic rings. The summed E-state index contributed by atoms with van der Waals surface area (Å²) in [4.78, 5) is 0. The van der Waals surface area contributed by atoms with Crippen molar-refractivity contribution >= 4 is 0 Å². The molecule has 0 radical (unpaired) electrons. The fourth-order valence-electron chi connectivity index (χ4n) is 3.41. The Kier molecular flexibility index (Phi) is 7.20. The van der Waals surface area contributed by atoms with Crippen molar-refractivity contribution in [1.82, 2.24) is 0 Å². The van der Waals surface area contributed by atoms with Crippen LogP contribution in [-0.2, 0) is 23.7 Å². The molecule has 0 aromatic heterocycles. The zero-order valence-electron chi connectivity index (χ0n) is 14.7. The number of hydrogen-bond acceptors (Lipinski definition) is 13. The zero-order valence-corrected chi connectivity index (χ0v) is 14.7. The Bertz CT molecular complexity index is 508. The third-order valence-electron chi connectivity index (χ3n) is 5.05. The van der Waals surface area contributed by atoms with Crippen LogP contribution >= 0.6 is 0 Å². The predicted octanol–water partition coefficient (Wildman–Crippen LogP) is -5.66. The molecular weight excluding hydrogens is 388 g/mol. The second-order valence-corrected chi connectivity index (χ2v) is 6.86. The van der Waals surface area contributed by atoms with Crippen LogP contribution in [0.2, 0.25) is 0 Å². The van der Waals surface area contributed by atoms with E-state index in [0.717, 1.165) is 0 Å². The number of rotatable bonds is 7. The topological polar surface area (TPSA) is 208 Å². The number of aliphatic hydroxyl groups is 8. The minimum Gasteiger partial charge on any atom is -0.394 e. The molecule has 3 aliphatic heterocycles. The summed E-state index contributed by atoms with van der Waals surface area (Å²) in [7, 11) is 0. The summed E-state index contributed by atoms with van der Waals surface area (Å²) in [5, 5.41) is 77.7. The first kappa shape index (κ1) is 22.2. The Morgan fingerprint density at radius 1 is 0.536 bits per heavy atom. The summed E-state index contributed by atoms with van der Waals surface area (Å²) >= 11 is 0. The molecule has 13 heteroatoms. The van der Waals surface area contributed by atoms with Crippen LogP contribution < -0.4 is 0 Å². The van der Waals surface area contributed by atoms with Gasteiger partial charge < -0.3 is 64.5 Å². The average Bonchev–Trinajstić information content (AvgIpc) is 3.24. The second kappa shape index (κ2) is 9.09. The average molecular weight is 414 g/mol. The molecule has 3 fully saturated rings. The van der Waals surface area contributed by atoms with E-state index in [1.54, 1.807) is 0 Å². The first-order valence-corrected chi connectivity index (χ1v) is 8.82. The number of ether oxygens (including phenoxy) is 5. The third kappa shape index (κ3) is 4.04. The minimum atomic E-state index is -1.60. The lowest BCUT2D eigenvalue weighted by atomic mass is 10.1. The first-order valence-electron chi connectivity index (χ1n) is 8.82. The maximum atomic E-state index is 10.3. The highest BCUT2D eigenvalue weighted by molar-refractivity contribution is 4.94. The monoisotopic (exact) mass is 414 g/mol. The fraction of sp³-hybridized carbons (Fsp3) is 1.00. The maximum absolute atomic E-state index is 10.3. The van der Waals surface area contributed by atoms with Crippen LogP contribution in [-0.4, -0.2) is 134 Å². The lowest BCUT2D eigenvalue weighted by Gasteiger charge is -2.28. The van der Waals surface area contributed by atoms with Crippen LogP contribution in [0.3, 0.4) is 0 Å². The van der Waals surface area contributed by atoms with Gasteiger partial charge in [-0.3, -0.25) is 0 Å². The van der Waals surface area contributed by atoms with Gasteiger partial charge in [-0.2, -0.15) is 0 Å². The predicted molar refractivity (Wildman–Crippen MR) is 83.2 cm³/mol. The van der Waals surface area contributed by atoms with Gasteiger partial charge in [0.05, 0.1) is 19.8 Å². The molecule has 164 valence electrons. The van der Waals surface area contributed by atoms with Crippen LogP contribution in [0.1, 0.15) is 0 Å². The van der Waals surface area contributed by atoms with E-state index in [-0.39, 0.29) is 0 Å². The van der Waals surface area contributed by atoms with Crippen LogP contribution in [0.25, 0.3) is 0 Å². The van der Waals surface area contributed by atoms with Crippen molar-refractivity contribution in [2.24, 2.45) is 0 Å². The van der Waals surface area contributed by atoms with E-state index in [4.69, 9.17) is 33.9 Å². The Morgan fingerprint density at radius 3 is 1.54 bits per heavy atom. The molecule has 0 bridgehead atoms. The molecule has 3 heterocycles. The van der Waals surface area contributed by atoms with E-state index in [0.29, 0.717) is 0 Å². The molecule has 13 nitrogen and oxygen atoms in total. The lowest BCUT2D eigenvalue weighted by Crippen LogP contribution is -2.46. The van der Waals surface area contributed by atoms with Gasteiger partial charge >= 0.3 is 0 Å². The summed E-state index contributed by atoms with van der Waals surface area (Å²) in [6.07, 6.45) is -16.4. The van der Waals surface area contributed by atoms with Crippen molar-refractivity contribution < 1.29 is 64.5 Å².